The molecule has 0 atom stereocenters. The molecule has 0 fully saturated rings. The van der Waals surface area contributed by atoms with Crippen LogP contribution in [-0.2, 0) is 11.2 Å². The Labute approximate surface area is 87.9 Å². The lowest BCUT2D eigenvalue weighted by Crippen LogP contribution is -2.08. The number of hydrogen-bond acceptors (Lipinski definition) is 3. The largest absolute Gasteiger partial charge is 0.384 e. The number of fused-ring (bicyclic) bond motifs is 1. The molecule has 0 radical (unpaired) electrons. The molecule has 1 aliphatic rings. The van der Waals surface area contributed by atoms with Crippen molar-refractivity contribution >= 4 is 17.3 Å². The molecule has 1 aromatic carbocycles. The Balaban J connectivity index is 2.48. The Morgan fingerprint density at radius 3 is 3.07 bits per heavy atom. The number of hydrogen-bond donors (Lipinski definition) is 2. The van der Waals surface area contributed by atoms with E-state index in [0.717, 1.165) is 29.9 Å². The maximum absolute atomic E-state index is 11.0. The molecule has 4 heteroatoms. The number of nitrogens with zero attached hydrogens (tertiary/aromatic N) is 1. The number of anilines is 2. The molecule has 1 amide bonds. The summed E-state index contributed by atoms with van der Waals surface area (Å²) < 4.78 is 0. The maximum atomic E-state index is 11.0. The average molecular weight is 201 g/mol. The monoisotopic (exact) mass is 201 g/mol. The van der Waals surface area contributed by atoms with Crippen molar-refractivity contribution in [1.29, 1.82) is 5.26 Å². The second kappa shape index (κ2) is 3.62. The predicted molar refractivity (Wildman–Crippen MR) is 57.7 cm³/mol. The summed E-state index contributed by atoms with van der Waals surface area (Å²) in [4.78, 5) is 11.0. The molecule has 0 unspecified atom stereocenters. The molecular weight excluding hydrogens is 190 g/mol. The minimum atomic E-state index is -0.112. The summed E-state index contributed by atoms with van der Waals surface area (Å²) in [5.41, 5.74) is 3.36. The van der Waals surface area contributed by atoms with Gasteiger partial charge in [-0.3, -0.25) is 4.79 Å². The van der Waals surface area contributed by atoms with E-state index < -0.39 is 0 Å². The van der Waals surface area contributed by atoms with Gasteiger partial charge in [0.2, 0.25) is 5.91 Å². The summed E-state index contributed by atoms with van der Waals surface area (Å²) in [5.74, 6) is -0.112. The van der Waals surface area contributed by atoms with Gasteiger partial charge in [-0.15, -0.1) is 0 Å². The molecule has 0 aromatic heterocycles. The molecular formula is C11H11N3O. The SMILES string of the molecule is CC(=O)Nc1cc(C#N)cc2c1CCN2. The van der Waals surface area contributed by atoms with E-state index in [1.54, 1.807) is 6.07 Å². The molecule has 1 heterocycles. The van der Waals surface area contributed by atoms with Gasteiger partial charge in [0.15, 0.2) is 0 Å². The van der Waals surface area contributed by atoms with Crippen molar-refractivity contribution < 1.29 is 4.79 Å². The van der Waals surface area contributed by atoms with Gasteiger partial charge >= 0.3 is 0 Å². The van der Waals surface area contributed by atoms with Gasteiger partial charge < -0.3 is 10.6 Å². The first kappa shape index (κ1) is 9.53. The topological polar surface area (TPSA) is 64.9 Å². The normalized spacial score (nSPS) is 12.5. The third kappa shape index (κ3) is 1.77. The van der Waals surface area contributed by atoms with E-state index in [9.17, 15) is 4.79 Å². The molecule has 1 aliphatic heterocycles. The summed E-state index contributed by atoms with van der Waals surface area (Å²) >= 11 is 0. The fourth-order valence-electron chi connectivity index (χ4n) is 1.79. The lowest BCUT2D eigenvalue weighted by atomic mass is 10.1. The lowest BCUT2D eigenvalue weighted by molar-refractivity contribution is -0.114. The number of nitrogens with one attached hydrogen (secondary N) is 2. The van der Waals surface area contributed by atoms with Gasteiger partial charge in [0.25, 0.3) is 0 Å². The molecule has 0 saturated carbocycles. The van der Waals surface area contributed by atoms with Gasteiger partial charge in [0.1, 0.15) is 0 Å². The van der Waals surface area contributed by atoms with Gasteiger partial charge in [-0.05, 0) is 18.6 Å². The zero-order valence-corrected chi connectivity index (χ0v) is 8.42. The Morgan fingerprint density at radius 2 is 2.40 bits per heavy atom. The second-order valence-electron chi connectivity index (χ2n) is 3.52. The van der Waals surface area contributed by atoms with Crippen molar-refractivity contribution in [3.63, 3.8) is 0 Å². The van der Waals surface area contributed by atoms with E-state index in [4.69, 9.17) is 5.26 Å². The molecule has 0 spiro atoms. The van der Waals surface area contributed by atoms with Crippen LogP contribution in [-0.4, -0.2) is 12.5 Å². The fourth-order valence-corrected chi connectivity index (χ4v) is 1.79. The molecule has 2 rings (SSSR count). The van der Waals surface area contributed by atoms with Crippen molar-refractivity contribution in [1.82, 2.24) is 0 Å². The van der Waals surface area contributed by atoms with Gasteiger partial charge in [0.05, 0.1) is 11.6 Å². The second-order valence-corrected chi connectivity index (χ2v) is 3.52. The summed E-state index contributed by atoms with van der Waals surface area (Å²) in [6, 6.07) is 5.61. The zero-order valence-electron chi connectivity index (χ0n) is 8.42. The van der Waals surface area contributed by atoms with Crippen molar-refractivity contribution in [2.75, 3.05) is 17.2 Å². The van der Waals surface area contributed by atoms with Crippen molar-refractivity contribution in [3.05, 3.63) is 23.3 Å². The van der Waals surface area contributed by atoms with E-state index in [2.05, 4.69) is 16.7 Å². The molecule has 1 aromatic rings. The molecule has 0 saturated heterocycles. The van der Waals surface area contributed by atoms with Crippen molar-refractivity contribution in [3.8, 4) is 6.07 Å². The number of carbonyl (C=O) groups excluding carboxylic acids is 1. The predicted octanol–water partition coefficient (Wildman–Crippen LogP) is 1.48. The number of benzene rings is 1. The summed E-state index contributed by atoms with van der Waals surface area (Å²) in [7, 11) is 0. The minimum absolute atomic E-state index is 0.112. The van der Waals surface area contributed by atoms with Gasteiger partial charge in [-0.2, -0.15) is 5.26 Å². The van der Waals surface area contributed by atoms with Crippen LogP contribution in [0.1, 0.15) is 18.1 Å². The van der Waals surface area contributed by atoms with Crippen LogP contribution in [0.5, 0.6) is 0 Å². The van der Waals surface area contributed by atoms with E-state index >= 15 is 0 Å². The summed E-state index contributed by atoms with van der Waals surface area (Å²) in [6.45, 7) is 2.32. The summed E-state index contributed by atoms with van der Waals surface area (Å²) in [6.07, 6.45) is 0.886. The van der Waals surface area contributed by atoms with E-state index in [1.165, 1.54) is 6.92 Å². The highest BCUT2D eigenvalue weighted by Crippen LogP contribution is 2.30. The molecule has 0 bridgehead atoms. The van der Waals surface area contributed by atoms with Gasteiger partial charge in [-0.25, -0.2) is 0 Å². The fraction of sp³-hybridized carbons (Fsp3) is 0.273. The number of carbonyl (C=O) groups is 1. The minimum Gasteiger partial charge on any atom is -0.384 e. The smallest absolute Gasteiger partial charge is 0.221 e. The highest BCUT2D eigenvalue weighted by molar-refractivity contribution is 5.91. The van der Waals surface area contributed by atoms with E-state index in [0.29, 0.717) is 5.56 Å². The maximum Gasteiger partial charge on any atom is 0.221 e. The van der Waals surface area contributed by atoms with Crippen LogP contribution < -0.4 is 10.6 Å². The molecule has 15 heavy (non-hydrogen) atoms. The van der Waals surface area contributed by atoms with Crippen LogP contribution in [0.4, 0.5) is 11.4 Å². The van der Waals surface area contributed by atoms with Crippen LogP contribution in [0.25, 0.3) is 0 Å². The third-order valence-corrected chi connectivity index (χ3v) is 2.38. The quantitative estimate of drug-likeness (QED) is 0.723. The Kier molecular flexibility index (Phi) is 2.30. The third-order valence-electron chi connectivity index (χ3n) is 2.38. The Hall–Kier alpha value is -2.02. The average Bonchev–Trinajstić information content (AvgIpc) is 2.64. The highest BCUT2D eigenvalue weighted by atomic mass is 16.1. The number of amides is 1. The first-order valence-corrected chi connectivity index (χ1v) is 4.79. The lowest BCUT2D eigenvalue weighted by Gasteiger charge is -2.08. The van der Waals surface area contributed by atoms with Gasteiger partial charge in [-0.1, -0.05) is 0 Å². The first-order chi connectivity index (χ1) is 7.20. The standard InChI is InChI=1S/C11H11N3O/c1-7(15)14-11-5-8(6-12)4-10-9(11)2-3-13-10/h4-5,13H,2-3H2,1H3,(H,14,15). The first-order valence-electron chi connectivity index (χ1n) is 4.79. The molecule has 76 valence electrons. The van der Waals surface area contributed by atoms with Crippen molar-refractivity contribution in [2.24, 2.45) is 0 Å². The Bertz CT molecular complexity index is 460. The molecule has 4 nitrogen and oxygen atoms in total. The van der Waals surface area contributed by atoms with Crippen LogP contribution in [0.15, 0.2) is 12.1 Å². The molecule has 2 N–H and O–H groups in total. The van der Waals surface area contributed by atoms with Crippen LogP contribution in [0, 0.1) is 11.3 Å². The van der Waals surface area contributed by atoms with E-state index in [-0.39, 0.29) is 5.91 Å². The highest BCUT2D eigenvalue weighted by Gasteiger charge is 2.16. The zero-order chi connectivity index (χ0) is 10.8. The molecule has 0 aliphatic carbocycles. The summed E-state index contributed by atoms with van der Waals surface area (Å²) in [5, 5.41) is 14.8. The Morgan fingerprint density at radius 1 is 1.60 bits per heavy atom. The van der Waals surface area contributed by atoms with Crippen molar-refractivity contribution in [2.45, 2.75) is 13.3 Å². The van der Waals surface area contributed by atoms with Crippen LogP contribution in [0.2, 0.25) is 0 Å². The van der Waals surface area contributed by atoms with Gasteiger partial charge in [0, 0.05) is 30.4 Å². The van der Waals surface area contributed by atoms with Crippen LogP contribution >= 0.6 is 0 Å². The number of nitriles is 1. The number of rotatable bonds is 1. The van der Waals surface area contributed by atoms with Crippen LogP contribution in [0.3, 0.4) is 0 Å². The van der Waals surface area contributed by atoms with E-state index in [1.807, 2.05) is 6.07 Å².